The second-order valence-corrected chi connectivity index (χ2v) is 10.1. The van der Waals surface area contributed by atoms with Gasteiger partial charge in [0.2, 0.25) is 5.91 Å². The van der Waals surface area contributed by atoms with Crippen LogP contribution in [0.5, 0.6) is 0 Å². The number of aliphatic carboxylic acids is 2. The van der Waals surface area contributed by atoms with E-state index in [1.165, 1.54) is 12.1 Å². The monoisotopic (exact) mass is 718 g/mol. The lowest BCUT2D eigenvalue weighted by molar-refractivity contribution is -0.193. The number of halogens is 9. The highest BCUT2D eigenvalue weighted by atomic mass is 19.4. The van der Waals surface area contributed by atoms with Crippen LogP contribution in [0.4, 0.5) is 45.2 Å². The highest BCUT2D eigenvalue weighted by Crippen LogP contribution is 2.29. The molecule has 1 unspecified atom stereocenters. The largest absolute Gasteiger partial charge is 0.490 e. The topological polar surface area (TPSA) is 155 Å². The maximum absolute atomic E-state index is 12.8. The van der Waals surface area contributed by atoms with Gasteiger partial charge in [-0.05, 0) is 43.3 Å². The van der Waals surface area contributed by atoms with Gasteiger partial charge in [0.15, 0.2) is 5.96 Å². The van der Waals surface area contributed by atoms with Crippen LogP contribution in [0.25, 0.3) is 0 Å². The third kappa shape index (κ3) is 17.9. The molecule has 1 atom stereocenters. The number of alkyl halides is 9. The van der Waals surface area contributed by atoms with E-state index < -0.39 is 36.0 Å². The van der Waals surface area contributed by atoms with Crippen LogP contribution in [-0.4, -0.2) is 97.1 Å². The SMILES string of the molecule is CN(C(=O)CCNCCCNCc1cccc(C(F)(F)F)c1)C1CN=C(Nc2ccccc2)NC1.O=C(O)C(F)(F)F.O=C(O)C(F)(F)F. The molecule has 0 saturated heterocycles. The Hall–Kier alpha value is -4.59. The van der Waals surface area contributed by atoms with Crippen molar-refractivity contribution < 1.29 is 64.1 Å². The van der Waals surface area contributed by atoms with E-state index in [4.69, 9.17) is 19.8 Å². The molecule has 3 rings (SSSR count). The minimum atomic E-state index is -5.08. The van der Waals surface area contributed by atoms with Crippen molar-refractivity contribution in [3.63, 3.8) is 0 Å². The van der Waals surface area contributed by atoms with E-state index in [9.17, 15) is 44.3 Å². The van der Waals surface area contributed by atoms with Crippen molar-refractivity contribution >= 4 is 29.5 Å². The molecule has 20 heteroatoms. The number of benzene rings is 2. The van der Waals surface area contributed by atoms with Crippen LogP contribution in [-0.2, 0) is 27.1 Å². The van der Waals surface area contributed by atoms with Crippen LogP contribution in [0, 0.1) is 0 Å². The van der Waals surface area contributed by atoms with Gasteiger partial charge in [-0.2, -0.15) is 39.5 Å². The molecule has 0 radical (unpaired) electrons. The molecule has 0 saturated carbocycles. The van der Waals surface area contributed by atoms with Crippen molar-refractivity contribution in [3.05, 3.63) is 65.7 Å². The Balaban J connectivity index is 0.000000717. The first kappa shape index (κ1) is 42.4. The molecule has 49 heavy (non-hydrogen) atoms. The first-order valence-corrected chi connectivity index (χ1v) is 14.3. The number of para-hydroxylation sites is 1. The molecular weight excluding hydrogens is 683 g/mol. The summed E-state index contributed by atoms with van der Waals surface area (Å²) in [5.41, 5.74) is 0.928. The fourth-order valence-corrected chi connectivity index (χ4v) is 3.66. The second kappa shape index (κ2) is 20.0. The predicted octanol–water partition coefficient (Wildman–Crippen LogP) is 4.33. The third-order valence-electron chi connectivity index (χ3n) is 6.23. The molecule has 2 aromatic carbocycles. The summed E-state index contributed by atoms with van der Waals surface area (Å²) in [5, 5.41) is 27.1. The molecule has 0 aliphatic carbocycles. The zero-order valence-electron chi connectivity index (χ0n) is 25.8. The zero-order chi connectivity index (χ0) is 37.3. The molecule has 274 valence electrons. The van der Waals surface area contributed by atoms with Gasteiger partial charge in [-0.3, -0.25) is 9.79 Å². The van der Waals surface area contributed by atoms with Gasteiger partial charge in [0.05, 0.1) is 18.2 Å². The van der Waals surface area contributed by atoms with Crippen molar-refractivity contribution in [2.45, 2.75) is 44.0 Å². The normalized spacial score (nSPS) is 14.5. The van der Waals surface area contributed by atoms with Crippen molar-refractivity contribution in [1.82, 2.24) is 20.9 Å². The summed E-state index contributed by atoms with van der Waals surface area (Å²) in [6.07, 6.45) is -13.3. The average molecular weight is 719 g/mol. The van der Waals surface area contributed by atoms with Crippen LogP contribution in [0.3, 0.4) is 0 Å². The summed E-state index contributed by atoms with van der Waals surface area (Å²) in [4.78, 5) is 36.6. The van der Waals surface area contributed by atoms with Crippen molar-refractivity contribution in [2.75, 3.05) is 45.1 Å². The van der Waals surface area contributed by atoms with Gasteiger partial charge in [-0.25, -0.2) is 9.59 Å². The second-order valence-electron chi connectivity index (χ2n) is 10.1. The first-order valence-electron chi connectivity index (χ1n) is 14.3. The maximum atomic E-state index is 12.8. The number of hydrogen-bond donors (Lipinski definition) is 6. The fourth-order valence-electron chi connectivity index (χ4n) is 3.66. The molecule has 1 aliphatic heterocycles. The number of rotatable bonds is 11. The molecule has 2 aromatic rings. The molecule has 0 aromatic heterocycles. The molecule has 0 fully saturated rings. The molecular formula is C29H35F9N6O5. The van der Waals surface area contributed by atoms with E-state index in [0.29, 0.717) is 50.7 Å². The number of guanidine groups is 1. The number of carboxylic acid groups (broad SMARTS) is 2. The van der Waals surface area contributed by atoms with Crippen molar-refractivity contribution in [1.29, 1.82) is 0 Å². The molecule has 0 bridgehead atoms. The molecule has 0 spiro atoms. The predicted molar refractivity (Wildman–Crippen MR) is 160 cm³/mol. The van der Waals surface area contributed by atoms with Crippen LogP contribution >= 0.6 is 0 Å². The van der Waals surface area contributed by atoms with E-state index in [1.54, 1.807) is 18.0 Å². The molecule has 1 heterocycles. The van der Waals surface area contributed by atoms with E-state index in [-0.39, 0.29) is 11.9 Å². The first-order chi connectivity index (χ1) is 22.7. The van der Waals surface area contributed by atoms with E-state index in [2.05, 4.69) is 26.3 Å². The van der Waals surface area contributed by atoms with E-state index in [0.717, 1.165) is 24.7 Å². The average Bonchev–Trinajstić information content (AvgIpc) is 3.02. The minimum Gasteiger partial charge on any atom is -0.475 e. The quantitative estimate of drug-likeness (QED) is 0.147. The number of nitrogens with zero attached hydrogens (tertiary/aromatic N) is 2. The van der Waals surface area contributed by atoms with Crippen LogP contribution in [0.15, 0.2) is 59.6 Å². The smallest absolute Gasteiger partial charge is 0.475 e. The molecule has 11 nitrogen and oxygen atoms in total. The van der Waals surface area contributed by atoms with Crippen LogP contribution < -0.4 is 21.3 Å². The summed E-state index contributed by atoms with van der Waals surface area (Å²) in [7, 11) is 1.80. The minimum absolute atomic E-state index is 0.00358. The van der Waals surface area contributed by atoms with Gasteiger partial charge in [-0.1, -0.05) is 36.4 Å². The number of carbonyl (C=O) groups is 3. The van der Waals surface area contributed by atoms with Gasteiger partial charge in [0.25, 0.3) is 0 Å². The maximum Gasteiger partial charge on any atom is 0.490 e. The number of aliphatic imine (C=N–C) groups is 1. The number of carbonyl (C=O) groups excluding carboxylic acids is 1. The Morgan fingerprint density at radius 2 is 1.43 bits per heavy atom. The Kier molecular flexibility index (Phi) is 17.4. The molecule has 1 amide bonds. The van der Waals surface area contributed by atoms with Crippen LogP contribution in [0.1, 0.15) is 24.0 Å². The fraction of sp³-hybridized carbons (Fsp3) is 0.448. The lowest BCUT2D eigenvalue weighted by atomic mass is 10.1. The Labute approximate surface area is 274 Å². The van der Waals surface area contributed by atoms with Gasteiger partial charge >= 0.3 is 30.5 Å². The number of hydrogen-bond acceptors (Lipinski definition) is 8. The molecule has 6 N–H and O–H groups in total. The summed E-state index contributed by atoms with van der Waals surface area (Å²) in [5.74, 6) is -4.75. The standard InChI is InChI=1S/C25H33F3N6O.2C2HF3O2/c1-34(22-17-31-24(32-18-22)33-21-9-3-2-4-10-21)23(35)11-14-29-12-6-13-30-16-19-7-5-8-20(15-19)25(26,27)28;2*3-2(4,5)1(6)7/h2-5,7-10,15,22,29-30H,6,11-14,16-18H2,1H3,(H2,31,32,33);2*(H,6,7). The number of amides is 1. The number of carboxylic acids is 2. The van der Waals surface area contributed by atoms with Crippen molar-refractivity contribution in [2.24, 2.45) is 4.99 Å². The Bertz CT molecular complexity index is 1330. The summed E-state index contributed by atoms with van der Waals surface area (Å²) < 4.78 is 102. The number of nitrogens with one attached hydrogen (secondary N) is 4. The zero-order valence-corrected chi connectivity index (χ0v) is 25.8. The Morgan fingerprint density at radius 3 is 1.94 bits per heavy atom. The van der Waals surface area contributed by atoms with Gasteiger partial charge < -0.3 is 36.4 Å². The summed E-state index contributed by atoms with van der Waals surface area (Å²) >= 11 is 0. The highest BCUT2D eigenvalue weighted by Gasteiger charge is 2.39. The van der Waals surface area contributed by atoms with E-state index in [1.807, 2.05) is 30.3 Å². The highest BCUT2D eigenvalue weighted by molar-refractivity contribution is 5.94. The van der Waals surface area contributed by atoms with Crippen molar-refractivity contribution in [3.8, 4) is 0 Å². The number of anilines is 1. The summed E-state index contributed by atoms with van der Waals surface area (Å²) in [6, 6.07) is 15.1. The van der Waals surface area contributed by atoms with Gasteiger partial charge in [0.1, 0.15) is 0 Å². The summed E-state index contributed by atoms with van der Waals surface area (Å²) in [6.45, 7) is 3.51. The molecule has 1 aliphatic rings. The lowest BCUT2D eigenvalue weighted by Gasteiger charge is -2.31. The van der Waals surface area contributed by atoms with Gasteiger partial charge in [0, 0.05) is 38.8 Å². The van der Waals surface area contributed by atoms with E-state index >= 15 is 0 Å². The Morgan fingerprint density at radius 1 is 0.857 bits per heavy atom. The van der Waals surface area contributed by atoms with Gasteiger partial charge in [-0.15, -0.1) is 0 Å². The van der Waals surface area contributed by atoms with Crippen LogP contribution in [0.2, 0.25) is 0 Å². The number of likely N-dealkylation sites (N-methyl/N-ethyl adjacent to an activating group) is 1. The third-order valence-corrected chi connectivity index (χ3v) is 6.23. The lowest BCUT2D eigenvalue weighted by Crippen LogP contribution is -2.51.